The van der Waals surface area contributed by atoms with Gasteiger partial charge in [-0.1, -0.05) is 0 Å². The molecule has 33 heavy (non-hydrogen) atoms. The SMILES string of the molecule is CCOC(=O)c1cc(S(=O)(=O)N2CCC[C@@H]2C(=O)Nc2ccc(OC(F)(F)F)cc2)cn1C. The molecule has 1 atom stereocenters. The van der Waals surface area contributed by atoms with Gasteiger partial charge in [0.2, 0.25) is 15.9 Å². The summed E-state index contributed by atoms with van der Waals surface area (Å²) in [5.41, 5.74) is 0.236. The summed E-state index contributed by atoms with van der Waals surface area (Å²) >= 11 is 0. The molecule has 1 N–H and O–H groups in total. The Balaban J connectivity index is 1.75. The zero-order chi connectivity index (χ0) is 24.4. The molecule has 1 saturated heterocycles. The van der Waals surface area contributed by atoms with E-state index in [9.17, 15) is 31.2 Å². The van der Waals surface area contributed by atoms with Crippen molar-refractivity contribution in [3.05, 3.63) is 42.2 Å². The van der Waals surface area contributed by atoms with Crippen molar-refractivity contribution < 1.29 is 40.7 Å². The van der Waals surface area contributed by atoms with Gasteiger partial charge < -0.3 is 19.4 Å². The van der Waals surface area contributed by atoms with Gasteiger partial charge in [-0.3, -0.25) is 4.79 Å². The van der Waals surface area contributed by atoms with Gasteiger partial charge in [0.15, 0.2) is 0 Å². The largest absolute Gasteiger partial charge is 0.573 e. The van der Waals surface area contributed by atoms with Gasteiger partial charge in [-0.05, 0) is 50.1 Å². The predicted molar refractivity (Wildman–Crippen MR) is 110 cm³/mol. The van der Waals surface area contributed by atoms with Crippen molar-refractivity contribution in [1.29, 1.82) is 0 Å². The third-order valence-electron chi connectivity index (χ3n) is 4.93. The molecule has 0 radical (unpaired) electrons. The van der Waals surface area contributed by atoms with E-state index in [0.29, 0.717) is 6.42 Å². The lowest BCUT2D eigenvalue weighted by atomic mass is 10.2. The van der Waals surface area contributed by atoms with Gasteiger partial charge >= 0.3 is 12.3 Å². The molecule has 0 unspecified atom stereocenters. The van der Waals surface area contributed by atoms with E-state index >= 15 is 0 Å². The lowest BCUT2D eigenvalue weighted by Gasteiger charge is -2.23. The number of hydrogen-bond acceptors (Lipinski definition) is 6. The minimum Gasteiger partial charge on any atom is -0.461 e. The van der Waals surface area contributed by atoms with Gasteiger partial charge in [0.25, 0.3) is 0 Å². The van der Waals surface area contributed by atoms with Crippen LogP contribution in [0.15, 0.2) is 41.4 Å². The monoisotopic (exact) mass is 489 g/mol. The molecule has 180 valence electrons. The summed E-state index contributed by atoms with van der Waals surface area (Å²) in [7, 11) is -2.60. The lowest BCUT2D eigenvalue weighted by molar-refractivity contribution is -0.274. The summed E-state index contributed by atoms with van der Waals surface area (Å²) in [4.78, 5) is 24.6. The number of aromatic nitrogens is 1. The Kier molecular flexibility index (Phi) is 7.03. The number of aryl methyl sites for hydroxylation is 1. The fraction of sp³-hybridized carbons (Fsp3) is 0.400. The lowest BCUT2D eigenvalue weighted by Crippen LogP contribution is -2.43. The summed E-state index contributed by atoms with van der Waals surface area (Å²) in [6, 6.07) is 4.68. The number of alkyl halides is 3. The van der Waals surface area contributed by atoms with E-state index in [4.69, 9.17) is 4.74 Å². The first-order valence-electron chi connectivity index (χ1n) is 9.94. The van der Waals surface area contributed by atoms with Gasteiger partial charge in [-0.15, -0.1) is 13.2 Å². The predicted octanol–water partition coefficient (Wildman–Crippen LogP) is 2.89. The summed E-state index contributed by atoms with van der Waals surface area (Å²) in [5.74, 6) is -1.75. The van der Waals surface area contributed by atoms with Crippen molar-refractivity contribution in [3.8, 4) is 5.75 Å². The summed E-state index contributed by atoms with van der Waals surface area (Å²) in [6.07, 6.45) is -2.87. The Morgan fingerprint density at radius 1 is 1.21 bits per heavy atom. The van der Waals surface area contributed by atoms with Crippen molar-refractivity contribution in [1.82, 2.24) is 8.87 Å². The van der Waals surface area contributed by atoms with Crippen LogP contribution in [0.4, 0.5) is 18.9 Å². The van der Waals surface area contributed by atoms with E-state index in [1.807, 2.05) is 0 Å². The number of benzene rings is 1. The second-order valence-corrected chi connectivity index (χ2v) is 9.12. The standard InChI is InChI=1S/C20H22F3N3O6S/c1-3-31-19(28)17-11-15(12-25(17)2)33(29,30)26-10-4-5-16(26)18(27)24-13-6-8-14(9-7-13)32-20(21,22)23/h6-9,11-12,16H,3-5,10H2,1-2H3,(H,24,27)/t16-/m1/s1. The average molecular weight is 489 g/mol. The topological polar surface area (TPSA) is 107 Å². The molecule has 13 heteroatoms. The number of hydrogen-bond donors (Lipinski definition) is 1. The number of nitrogens with zero attached hydrogens (tertiary/aromatic N) is 2. The minimum atomic E-state index is -4.84. The Bertz CT molecular complexity index is 1130. The number of amides is 1. The number of esters is 1. The molecule has 0 bridgehead atoms. The van der Waals surface area contributed by atoms with Crippen LogP contribution in [0.1, 0.15) is 30.3 Å². The number of halogens is 3. The molecule has 1 aromatic heterocycles. The maximum Gasteiger partial charge on any atom is 0.573 e. The van der Waals surface area contributed by atoms with E-state index in [2.05, 4.69) is 10.1 Å². The molecule has 3 rings (SSSR count). The molecule has 1 aliphatic heterocycles. The average Bonchev–Trinajstić information content (AvgIpc) is 3.36. The summed E-state index contributed by atoms with van der Waals surface area (Å²) in [6.45, 7) is 1.86. The first-order chi connectivity index (χ1) is 15.4. The number of sulfonamides is 1. The Morgan fingerprint density at radius 3 is 2.48 bits per heavy atom. The number of carbonyl (C=O) groups is 2. The molecule has 2 heterocycles. The van der Waals surface area contributed by atoms with Gasteiger partial charge in [-0.25, -0.2) is 13.2 Å². The number of anilines is 1. The maximum absolute atomic E-state index is 13.2. The fourth-order valence-electron chi connectivity index (χ4n) is 3.47. The molecular weight excluding hydrogens is 467 g/mol. The highest BCUT2D eigenvalue weighted by Gasteiger charge is 2.40. The third-order valence-corrected chi connectivity index (χ3v) is 6.81. The molecule has 1 aliphatic rings. The van der Waals surface area contributed by atoms with Gasteiger partial charge in [-0.2, -0.15) is 4.31 Å². The van der Waals surface area contributed by atoms with E-state index in [-0.39, 0.29) is 35.8 Å². The van der Waals surface area contributed by atoms with Crippen LogP contribution in [0, 0.1) is 0 Å². The normalized spacial score (nSPS) is 17.1. The Labute approximate surface area is 188 Å². The quantitative estimate of drug-likeness (QED) is 0.600. The van der Waals surface area contributed by atoms with Crippen molar-refractivity contribution >= 4 is 27.6 Å². The van der Waals surface area contributed by atoms with E-state index in [0.717, 1.165) is 16.4 Å². The van der Waals surface area contributed by atoms with Crippen molar-refractivity contribution in [3.63, 3.8) is 0 Å². The second kappa shape index (κ2) is 9.43. The van der Waals surface area contributed by atoms with Gasteiger partial charge in [0.05, 0.1) is 6.61 Å². The molecule has 9 nitrogen and oxygen atoms in total. The van der Waals surface area contributed by atoms with Gasteiger partial charge in [0, 0.05) is 25.5 Å². The van der Waals surface area contributed by atoms with Crippen LogP contribution < -0.4 is 10.1 Å². The molecule has 1 fully saturated rings. The highest BCUT2D eigenvalue weighted by molar-refractivity contribution is 7.89. The van der Waals surface area contributed by atoms with E-state index in [1.165, 1.54) is 36.0 Å². The third kappa shape index (κ3) is 5.66. The van der Waals surface area contributed by atoms with Crippen molar-refractivity contribution in [2.45, 2.75) is 37.1 Å². The molecular formula is C20H22F3N3O6S. The van der Waals surface area contributed by atoms with Crippen LogP contribution in [-0.2, 0) is 26.6 Å². The van der Waals surface area contributed by atoms with Crippen LogP contribution in [0.25, 0.3) is 0 Å². The zero-order valence-corrected chi connectivity index (χ0v) is 18.6. The van der Waals surface area contributed by atoms with Gasteiger partial charge in [0.1, 0.15) is 22.4 Å². The number of nitrogens with one attached hydrogen (secondary N) is 1. The molecule has 0 saturated carbocycles. The Morgan fingerprint density at radius 2 is 1.88 bits per heavy atom. The Hall–Kier alpha value is -3.06. The zero-order valence-electron chi connectivity index (χ0n) is 17.8. The first-order valence-corrected chi connectivity index (χ1v) is 11.4. The smallest absolute Gasteiger partial charge is 0.461 e. The number of ether oxygens (including phenoxy) is 2. The maximum atomic E-state index is 13.2. The summed E-state index contributed by atoms with van der Waals surface area (Å²) in [5, 5.41) is 2.52. The molecule has 1 amide bonds. The minimum absolute atomic E-state index is 0.0526. The van der Waals surface area contributed by atoms with E-state index < -0.39 is 40.1 Å². The van der Waals surface area contributed by atoms with Crippen LogP contribution in [-0.4, -0.2) is 54.7 Å². The number of carbonyl (C=O) groups excluding carboxylic acids is 2. The highest BCUT2D eigenvalue weighted by Crippen LogP contribution is 2.29. The fourth-order valence-corrected chi connectivity index (χ4v) is 5.20. The van der Waals surface area contributed by atoms with Crippen LogP contribution in [0.2, 0.25) is 0 Å². The first kappa shape index (κ1) is 24.6. The van der Waals surface area contributed by atoms with Crippen LogP contribution in [0.5, 0.6) is 5.75 Å². The molecule has 0 aliphatic carbocycles. The van der Waals surface area contributed by atoms with Crippen molar-refractivity contribution in [2.75, 3.05) is 18.5 Å². The highest BCUT2D eigenvalue weighted by atomic mass is 32.2. The number of rotatable bonds is 7. The van der Waals surface area contributed by atoms with Crippen molar-refractivity contribution in [2.24, 2.45) is 7.05 Å². The summed E-state index contributed by atoms with van der Waals surface area (Å²) < 4.78 is 74.3. The molecule has 0 spiro atoms. The van der Waals surface area contributed by atoms with Crippen LogP contribution >= 0.6 is 0 Å². The molecule has 1 aromatic carbocycles. The van der Waals surface area contributed by atoms with Crippen LogP contribution in [0.3, 0.4) is 0 Å². The molecule has 2 aromatic rings. The van der Waals surface area contributed by atoms with E-state index in [1.54, 1.807) is 6.92 Å². The second-order valence-electron chi connectivity index (χ2n) is 7.23.